The highest BCUT2D eigenvalue weighted by molar-refractivity contribution is 4.98. The molecule has 1 N–H and O–H groups in total. The fraction of sp³-hybridized carbons (Fsp3) is 1.00. The zero-order valence-electron chi connectivity index (χ0n) is 13.3. The van der Waals surface area contributed by atoms with Crippen molar-refractivity contribution in [2.45, 2.75) is 84.6 Å². The minimum Gasteiger partial charge on any atom is -0.313 e. The van der Waals surface area contributed by atoms with Gasteiger partial charge in [-0.2, -0.15) is 0 Å². The Labute approximate surface area is 119 Å². The van der Waals surface area contributed by atoms with Gasteiger partial charge in [0, 0.05) is 12.6 Å². The first kappa shape index (κ1) is 13.9. The molecule has 0 spiro atoms. The van der Waals surface area contributed by atoms with Crippen LogP contribution >= 0.6 is 0 Å². The Hall–Kier alpha value is -0.0400. The van der Waals surface area contributed by atoms with Crippen molar-refractivity contribution in [2.75, 3.05) is 6.54 Å². The summed E-state index contributed by atoms with van der Waals surface area (Å²) in [7, 11) is 0. The van der Waals surface area contributed by atoms with Crippen LogP contribution in [0.25, 0.3) is 0 Å². The first-order valence-corrected chi connectivity index (χ1v) is 8.73. The van der Waals surface area contributed by atoms with Crippen LogP contribution < -0.4 is 5.32 Å². The number of hydrogen-bond acceptors (Lipinski definition) is 1. The van der Waals surface area contributed by atoms with Crippen molar-refractivity contribution in [2.24, 2.45) is 22.7 Å². The predicted molar refractivity (Wildman–Crippen MR) is 82.2 cm³/mol. The van der Waals surface area contributed by atoms with E-state index >= 15 is 0 Å². The minimum absolute atomic E-state index is 0.524. The molecule has 3 rings (SSSR count). The summed E-state index contributed by atoms with van der Waals surface area (Å²) in [6, 6.07) is 0.886. The van der Waals surface area contributed by atoms with Crippen LogP contribution in [0.3, 0.4) is 0 Å². The van der Waals surface area contributed by atoms with Gasteiger partial charge in [-0.15, -0.1) is 0 Å². The lowest BCUT2D eigenvalue weighted by Gasteiger charge is -2.51. The lowest BCUT2D eigenvalue weighted by molar-refractivity contribution is 0.00437. The normalized spacial score (nSPS) is 37.1. The van der Waals surface area contributed by atoms with E-state index < -0.39 is 0 Å². The molecule has 0 atom stereocenters. The predicted octanol–water partition coefficient (Wildman–Crippen LogP) is 4.76. The molecule has 0 aromatic heterocycles. The molecule has 3 aliphatic rings. The average molecular weight is 263 g/mol. The fourth-order valence-electron chi connectivity index (χ4n) is 4.44. The van der Waals surface area contributed by atoms with Gasteiger partial charge in [-0.05, 0) is 74.0 Å². The van der Waals surface area contributed by atoms with Crippen molar-refractivity contribution < 1.29 is 0 Å². The van der Waals surface area contributed by atoms with Crippen LogP contribution in [0, 0.1) is 22.7 Å². The van der Waals surface area contributed by atoms with Crippen LogP contribution in [0.4, 0.5) is 0 Å². The maximum absolute atomic E-state index is 3.87. The summed E-state index contributed by atoms with van der Waals surface area (Å²) in [5, 5.41) is 3.87. The maximum Gasteiger partial charge on any atom is 0.00684 e. The topological polar surface area (TPSA) is 12.0 Å². The van der Waals surface area contributed by atoms with Crippen LogP contribution in [-0.2, 0) is 0 Å². The Balaban J connectivity index is 1.60. The highest BCUT2D eigenvalue weighted by Gasteiger charge is 2.45. The summed E-state index contributed by atoms with van der Waals surface area (Å²) in [4.78, 5) is 0. The third-order valence-corrected chi connectivity index (χ3v) is 6.50. The summed E-state index contributed by atoms with van der Waals surface area (Å²) in [6.45, 7) is 8.66. The van der Waals surface area contributed by atoms with E-state index in [0.29, 0.717) is 10.8 Å². The lowest BCUT2D eigenvalue weighted by Crippen LogP contribution is -2.47. The summed E-state index contributed by atoms with van der Waals surface area (Å²) in [5.74, 6) is 2.02. The Kier molecular flexibility index (Phi) is 3.71. The van der Waals surface area contributed by atoms with E-state index in [1.807, 2.05) is 0 Å². The molecule has 1 nitrogen and oxygen atoms in total. The number of hydrogen-bond donors (Lipinski definition) is 1. The Bertz CT molecular complexity index is 298. The minimum atomic E-state index is 0.524. The molecule has 0 heterocycles. The van der Waals surface area contributed by atoms with Crippen LogP contribution in [0.1, 0.15) is 78.6 Å². The third-order valence-electron chi connectivity index (χ3n) is 6.50. The second-order valence-electron chi connectivity index (χ2n) is 8.79. The van der Waals surface area contributed by atoms with Crippen molar-refractivity contribution in [1.29, 1.82) is 0 Å². The molecule has 0 saturated heterocycles. The molecule has 0 aromatic carbocycles. The van der Waals surface area contributed by atoms with E-state index in [2.05, 4.69) is 26.1 Å². The van der Waals surface area contributed by atoms with Gasteiger partial charge >= 0.3 is 0 Å². The second-order valence-corrected chi connectivity index (χ2v) is 8.79. The van der Waals surface area contributed by atoms with Crippen molar-refractivity contribution >= 4 is 0 Å². The SMILES string of the molecule is CC(C)(C)C1CCC(CNC2CC2)(C2CCC2)CC1. The van der Waals surface area contributed by atoms with Crippen molar-refractivity contribution in [3.63, 3.8) is 0 Å². The first-order chi connectivity index (χ1) is 9.00. The van der Waals surface area contributed by atoms with Gasteiger partial charge in [0.05, 0.1) is 0 Å². The van der Waals surface area contributed by atoms with Gasteiger partial charge in [-0.1, -0.05) is 27.2 Å². The summed E-state index contributed by atoms with van der Waals surface area (Å²) < 4.78 is 0. The molecule has 3 aliphatic carbocycles. The van der Waals surface area contributed by atoms with Gasteiger partial charge in [0.25, 0.3) is 0 Å². The molecule has 0 aromatic rings. The van der Waals surface area contributed by atoms with E-state index in [-0.39, 0.29) is 0 Å². The summed E-state index contributed by atoms with van der Waals surface area (Å²) in [6.07, 6.45) is 13.4. The van der Waals surface area contributed by atoms with Gasteiger partial charge in [-0.3, -0.25) is 0 Å². The standard InChI is InChI=1S/C18H33N/c1-17(2,3)14-9-11-18(12-10-14,15-5-4-6-15)13-19-16-7-8-16/h14-16,19H,4-13H2,1-3H3. The highest BCUT2D eigenvalue weighted by Crippen LogP contribution is 2.54. The molecular formula is C18H33N. The van der Waals surface area contributed by atoms with E-state index in [4.69, 9.17) is 0 Å². The van der Waals surface area contributed by atoms with Crippen molar-refractivity contribution in [1.82, 2.24) is 5.32 Å². The molecule has 0 unspecified atom stereocenters. The van der Waals surface area contributed by atoms with E-state index in [0.717, 1.165) is 17.9 Å². The van der Waals surface area contributed by atoms with Gasteiger partial charge < -0.3 is 5.32 Å². The van der Waals surface area contributed by atoms with Gasteiger partial charge in [-0.25, -0.2) is 0 Å². The van der Waals surface area contributed by atoms with Crippen molar-refractivity contribution in [3.05, 3.63) is 0 Å². The smallest absolute Gasteiger partial charge is 0.00684 e. The fourth-order valence-corrected chi connectivity index (χ4v) is 4.44. The van der Waals surface area contributed by atoms with E-state index in [1.54, 1.807) is 0 Å². The zero-order chi connectivity index (χ0) is 13.5. The molecule has 1 heteroatoms. The molecule has 0 aliphatic heterocycles. The molecule has 3 fully saturated rings. The van der Waals surface area contributed by atoms with Gasteiger partial charge in [0.2, 0.25) is 0 Å². The van der Waals surface area contributed by atoms with E-state index in [9.17, 15) is 0 Å². The van der Waals surface area contributed by atoms with Crippen LogP contribution in [-0.4, -0.2) is 12.6 Å². The van der Waals surface area contributed by atoms with Crippen LogP contribution in [0.15, 0.2) is 0 Å². The number of nitrogens with one attached hydrogen (secondary N) is 1. The molecule has 110 valence electrons. The molecule has 0 radical (unpaired) electrons. The van der Waals surface area contributed by atoms with Crippen LogP contribution in [0.5, 0.6) is 0 Å². The largest absolute Gasteiger partial charge is 0.313 e. The molecule has 19 heavy (non-hydrogen) atoms. The zero-order valence-corrected chi connectivity index (χ0v) is 13.3. The first-order valence-electron chi connectivity index (χ1n) is 8.73. The quantitative estimate of drug-likeness (QED) is 0.771. The molecule has 0 amide bonds. The van der Waals surface area contributed by atoms with Crippen LogP contribution in [0.2, 0.25) is 0 Å². The molecular weight excluding hydrogens is 230 g/mol. The Morgan fingerprint density at radius 1 is 0.947 bits per heavy atom. The third kappa shape index (κ3) is 3.01. The van der Waals surface area contributed by atoms with Gasteiger partial charge in [0.15, 0.2) is 0 Å². The van der Waals surface area contributed by atoms with Crippen molar-refractivity contribution in [3.8, 4) is 0 Å². The summed E-state index contributed by atoms with van der Waals surface area (Å²) >= 11 is 0. The average Bonchev–Trinajstić information content (AvgIpc) is 3.07. The molecule has 3 saturated carbocycles. The highest BCUT2D eigenvalue weighted by atomic mass is 15.0. The summed E-state index contributed by atoms with van der Waals surface area (Å²) in [5.41, 5.74) is 1.21. The second kappa shape index (κ2) is 5.06. The van der Waals surface area contributed by atoms with Gasteiger partial charge in [0.1, 0.15) is 0 Å². The number of rotatable bonds is 4. The van der Waals surface area contributed by atoms with E-state index in [1.165, 1.54) is 64.3 Å². The monoisotopic (exact) mass is 263 g/mol. The maximum atomic E-state index is 3.87. The molecule has 0 bridgehead atoms. The lowest BCUT2D eigenvalue weighted by atomic mass is 9.55. The Morgan fingerprint density at radius 3 is 2.00 bits per heavy atom. The Morgan fingerprint density at radius 2 is 1.58 bits per heavy atom.